The van der Waals surface area contributed by atoms with Gasteiger partial charge in [-0.15, -0.1) is 0 Å². The summed E-state index contributed by atoms with van der Waals surface area (Å²) < 4.78 is 17.4. The predicted molar refractivity (Wildman–Crippen MR) is 89.0 cm³/mol. The summed E-state index contributed by atoms with van der Waals surface area (Å²) in [5.74, 6) is 0.951. The van der Waals surface area contributed by atoms with Gasteiger partial charge in [0.15, 0.2) is 0 Å². The van der Waals surface area contributed by atoms with Crippen molar-refractivity contribution in [3.63, 3.8) is 0 Å². The second-order valence-corrected chi connectivity index (χ2v) is 6.12. The third kappa shape index (κ3) is 7.27. The topological polar surface area (TPSA) is 53.7 Å². The smallest absolute Gasteiger partial charge is 0.125 e. The lowest BCUT2D eigenvalue weighted by molar-refractivity contribution is 0.0643. The minimum absolute atomic E-state index is 0.110. The highest BCUT2D eigenvalue weighted by Crippen LogP contribution is 2.29. The molecule has 4 nitrogen and oxygen atoms in total. The van der Waals surface area contributed by atoms with Crippen LogP contribution in [-0.4, -0.2) is 39.6 Å². The summed E-state index contributed by atoms with van der Waals surface area (Å²) in [5, 5.41) is 0. The number of benzene rings is 1. The van der Waals surface area contributed by atoms with E-state index in [1.165, 1.54) is 0 Å². The fourth-order valence-electron chi connectivity index (χ4n) is 2.08. The highest BCUT2D eigenvalue weighted by atomic mass is 79.9. The number of nitrogens with two attached hydrogens (primary N) is 1. The molecule has 0 heterocycles. The van der Waals surface area contributed by atoms with Crippen LogP contribution in [0.25, 0.3) is 0 Å². The first kappa shape index (κ1) is 18.4. The van der Waals surface area contributed by atoms with Gasteiger partial charge in [0.05, 0.1) is 19.8 Å². The van der Waals surface area contributed by atoms with Gasteiger partial charge < -0.3 is 19.9 Å². The molecule has 1 aromatic carbocycles. The third-order valence-electron chi connectivity index (χ3n) is 2.97. The molecular formula is C16H26BrNO3. The Morgan fingerprint density at radius 1 is 1.19 bits per heavy atom. The second kappa shape index (κ2) is 10.2. The molecule has 0 bridgehead atoms. The summed E-state index contributed by atoms with van der Waals surface area (Å²) in [4.78, 5) is 0. The molecule has 120 valence electrons. The third-order valence-corrected chi connectivity index (χ3v) is 3.43. The van der Waals surface area contributed by atoms with Crippen molar-refractivity contribution in [1.82, 2.24) is 0 Å². The van der Waals surface area contributed by atoms with Gasteiger partial charge in [-0.2, -0.15) is 0 Å². The maximum Gasteiger partial charge on any atom is 0.125 e. The van der Waals surface area contributed by atoms with Crippen molar-refractivity contribution in [1.29, 1.82) is 0 Å². The van der Waals surface area contributed by atoms with E-state index in [4.69, 9.17) is 19.9 Å². The van der Waals surface area contributed by atoms with Gasteiger partial charge in [0.25, 0.3) is 0 Å². The van der Waals surface area contributed by atoms with Crippen molar-refractivity contribution in [3.8, 4) is 5.75 Å². The summed E-state index contributed by atoms with van der Waals surface area (Å²) in [7, 11) is 1.67. The monoisotopic (exact) mass is 359 g/mol. The molecule has 0 aliphatic rings. The number of aryl methyl sites for hydroxylation is 1. The molecule has 0 aliphatic carbocycles. The highest BCUT2D eigenvalue weighted by Gasteiger charge is 2.10. The van der Waals surface area contributed by atoms with E-state index >= 15 is 0 Å². The SMILES string of the molecule is COCCOCCCOc1c(C)cc(Br)cc1CC(C)N. The van der Waals surface area contributed by atoms with Crippen LogP contribution >= 0.6 is 15.9 Å². The summed E-state index contributed by atoms with van der Waals surface area (Å²) in [6.07, 6.45) is 1.66. The van der Waals surface area contributed by atoms with Gasteiger partial charge in [-0.1, -0.05) is 15.9 Å². The standard InChI is InChI=1S/C16H26BrNO3/c1-12-9-15(17)11-14(10-13(2)18)16(12)21-6-4-5-20-8-7-19-3/h9,11,13H,4-8,10,18H2,1-3H3. The normalized spacial score (nSPS) is 12.4. The van der Waals surface area contributed by atoms with Gasteiger partial charge >= 0.3 is 0 Å². The average Bonchev–Trinajstić information content (AvgIpc) is 2.39. The van der Waals surface area contributed by atoms with Crippen molar-refractivity contribution in [2.75, 3.05) is 33.5 Å². The Balaban J connectivity index is 2.49. The van der Waals surface area contributed by atoms with Gasteiger partial charge in [-0.25, -0.2) is 0 Å². The molecule has 2 N–H and O–H groups in total. The lowest BCUT2D eigenvalue weighted by atomic mass is 10.0. The minimum atomic E-state index is 0.110. The number of hydrogen-bond donors (Lipinski definition) is 1. The predicted octanol–water partition coefficient (Wildman–Crippen LogP) is 3.08. The Labute approximate surface area is 136 Å². The fraction of sp³-hybridized carbons (Fsp3) is 0.625. The quantitative estimate of drug-likeness (QED) is 0.652. The summed E-state index contributed by atoms with van der Waals surface area (Å²) in [6.45, 7) is 6.64. The Kier molecular flexibility index (Phi) is 8.92. The molecule has 1 aromatic rings. The molecule has 1 atom stereocenters. The van der Waals surface area contributed by atoms with Gasteiger partial charge in [-0.3, -0.25) is 0 Å². The maximum atomic E-state index is 5.94. The Hall–Kier alpha value is -0.620. The number of methoxy groups -OCH3 is 1. The van der Waals surface area contributed by atoms with E-state index in [0.29, 0.717) is 26.4 Å². The van der Waals surface area contributed by atoms with Crippen LogP contribution in [-0.2, 0) is 15.9 Å². The van der Waals surface area contributed by atoms with Crippen LogP contribution in [0.15, 0.2) is 16.6 Å². The number of halogens is 1. The van der Waals surface area contributed by atoms with Crippen LogP contribution in [0.5, 0.6) is 5.75 Å². The number of ether oxygens (including phenoxy) is 3. The fourth-order valence-corrected chi connectivity index (χ4v) is 2.70. The van der Waals surface area contributed by atoms with Crippen molar-refractivity contribution >= 4 is 15.9 Å². The maximum absolute atomic E-state index is 5.94. The molecular weight excluding hydrogens is 334 g/mol. The Morgan fingerprint density at radius 3 is 2.62 bits per heavy atom. The van der Waals surface area contributed by atoms with Gasteiger partial charge in [0, 0.05) is 30.7 Å². The van der Waals surface area contributed by atoms with E-state index < -0.39 is 0 Å². The van der Waals surface area contributed by atoms with Crippen LogP contribution in [0.2, 0.25) is 0 Å². The first-order valence-electron chi connectivity index (χ1n) is 7.28. The lowest BCUT2D eigenvalue weighted by Gasteiger charge is -2.16. The van der Waals surface area contributed by atoms with Crippen molar-refractivity contribution in [2.45, 2.75) is 32.7 Å². The van der Waals surface area contributed by atoms with Gasteiger partial charge in [0.2, 0.25) is 0 Å². The number of hydrogen-bond acceptors (Lipinski definition) is 4. The van der Waals surface area contributed by atoms with E-state index in [1.54, 1.807) is 7.11 Å². The zero-order valence-corrected chi connectivity index (χ0v) is 14.7. The molecule has 5 heteroatoms. The van der Waals surface area contributed by atoms with E-state index in [0.717, 1.165) is 34.2 Å². The molecule has 0 spiro atoms. The zero-order chi connectivity index (χ0) is 15.7. The molecule has 0 saturated heterocycles. The summed E-state index contributed by atoms with van der Waals surface area (Å²) in [6, 6.07) is 4.26. The molecule has 1 unspecified atom stereocenters. The first-order chi connectivity index (χ1) is 10.0. The lowest BCUT2D eigenvalue weighted by Crippen LogP contribution is -2.19. The van der Waals surface area contributed by atoms with E-state index in [-0.39, 0.29) is 6.04 Å². The van der Waals surface area contributed by atoms with Gasteiger partial charge in [0.1, 0.15) is 5.75 Å². The Morgan fingerprint density at radius 2 is 1.95 bits per heavy atom. The van der Waals surface area contributed by atoms with Gasteiger partial charge in [-0.05, 0) is 43.5 Å². The van der Waals surface area contributed by atoms with Crippen molar-refractivity contribution in [2.24, 2.45) is 5.73 Å². The first-order valence-corrected chi connectivity index (χ1v) is 8.08. The van der Waals surface area contributed by atoms with Crippen LogP contribution in [0, 0.1) is 6.92 Å². The molecule has 0 aliphatic heterocycles. The molecule has 0 amide bonds. The van der Waals surface area contributed by atoms with Crippen molar-refractivity contribution in [3.05, 3.63) is 27.7 Å². The summed E-state index contributed by atoms with van der Waals surface area (Å²) >= 11 is 3.53. The molecule has 1 rings (SSSR count). The highest BCUT2D eigenvalue weighted by molar-refractivity contribution is 9.10. The zero-order valence-electron chi connectivity index (χ0n) is 13.2. The van der Waals surface area contributed by atoms with E-state index in [2.05, 4.69) is 35.0 Å². The van der Waals surface area contributed by atoms with Crippen LogP contribution in [0.4, 0.5) is 0 Å². The molecule has 0 fully saturated rings. The number of rotatable bonds is 10. The van der Waals surface area contributed by atoms with Crippen molar-refractivity contribution < 1.29 is 14.2 Å². The Bertz CT molecular complexity index is 424. The van der Waals surface area contributed by atoms with E-state index in [1.807, 2.05) is 6.92 Å². The molecule has 0 radical (unpaired) electrons. The van der Waals surface area contributed by atoms with Crippen LogP contribution in [0.1, 0.15) is 24.5 Å². The van der Waals surface area contributed by atoms with Crippen LogP contribution < -0.4 is 10.5 Å². The molecule has 21 heavy (non-hydrogen) atoms. The van der Waals surface area contributed by atoms with E-state index in [9.17, 15) is 0 Å². The van der Waals surface area contributed by atoms with Crippen LogP contribution in [0.3, 0.4) is 0 Å². The second-order valence-electron chi connectivity index (χ2n) is 5.20. The molecule has 0 saturated carbocycles. The summed E-state index contributed by atoms with van der Waals surface area (Å²) in [5.41, 5.74) is 8.19. The molecule has 0 aromatic heterocycles. The average molecular weight is 360 g/mol. The largest absolute Gasteiger partial charge is 0.493 e. The minimum Gasteiger partial charge on any atom is -0.493 e.